The zero-order chi connectivity index (χ0) is 15.7. The van der Waals surface area contributed by atoms with Crippen LogP contribution in [-0.4, -0.2) is 0 Å². The van der Waals surface area contributed by atoms with E-state index >= 15 is 0 Å². The van der Waals surface area contributed by atoms with Crippen molar-refractivity contribution in [2.45, 2.75) is 52.4 Å². The third-order valence-electron chi connectivity index (χ3n) is 3.64. The molecule has 0 saturated carbocycles. The maximum absolute atomic E-state index is 2.31. The molecule has 0 aromatic heterocycles. The van der Waals surface area contributed by atoms with Crippen LogP contribution in [0.15, 0.2) is 48.5 Å². The van der Waals surface area contributed by atoms with E-state index in [0.717, 1.165) is 0 Å². The first-order valence-corrected chi connectivity index (χ1v) is 9.68. The van der Waals surface area contributed by atoms with Crippen LogP contribution in [0.2, 0.25) is 0 Å². The van der Waals surface area contributed by atoms with Crippen molar-refractivity contribution in [3.8, 4) is 0 Å². The summed E-state index contributed by atoms with van der Waals surface area (Å²) in [6, 6.07) is 18.4. The molecule has 2 aromatic rings. The second-order valence-electron chi connectivity index (χ2n) is 7.61. The maximum atomic E-state index is 2.31. The Labute approximate surface area is 156 Å². The number of hydrogen-bond donors (Lipinski definition) is 0. The SMILES string of the molecule is CC(C)(C)c1ccc([I-]c2ccc(C(C)(C)C)cc2)cc1.[Fe]. The Balaban J connectivity index is 0.00000242. The molecule has 0 N–H and O–H groups in total. The van der Waals surface area contributed by atoms with Gasteiger partial charge in [-0.05, 0) is 0 Å². The van der Waals surface area contributed by atoms with Crippen molar-refractivity contribution in [1.29, 1.82) is 0 Å². The van der Waals surface area contributed by atoms with Crippen molar-refractivity contribution in [2.24, 2.45) is 0 Å². The molecule has 0 bridgehead atoms. The van der Waals surface area contributed by atoms with Crippen molar-refractivity contribution in [1.82, 2.24) is 0 Å². The molecule has 0 nitrogen and oxygen atoms in total. The second-order valence-corrected chi connectivity index (χ2v) is 10.6. The van der Waals surface area contributed by atoms with Gasteiger partial charge in [-0.25, -0.2) is 0 Å². The van der Waals surface area contributed by atoms with Crippen LogP contribution < -0.4 is 21.2 Å². The number of benzene rings is 2. The van der Waals surface area contributed by atoms with Crippen molar-refractivity contribution >= 4 is 0 Å². The predicted octanol–water partition coefficient (Wildman–Crippen LogP) is 2.41. The zero-order valence-electron chi connectivity index (χ0n) is 14.4. The fraction of sp³-hybridized carbons (Fsp3) is 0.400. The van der Waals surface area contributed by atoms with Crippen molar-refractivity contribution in [3.05, 3.63) is 66.8 Å². The molecule has 0 saturated heterocycles. The first kappa shape index (κ1) is 19.7. The van der Waals surface area contributed by atoms with Gasteiger partial charge in [-0.3, -0.25) is 0 Å². The minimum absolute atomic E-state index is 0. The van der Waals surface area contributed by atoms with Gasteiger partial charge >= 0.3 is 140 Å². The quantitative estimate of drug-likeness (QED) is 0.489. The van der Waals surface area contributed by atoms with Gasteiger partial charge < -0.3 is 0 Å². The Kier molecular flexibility index (Phi) is 6.73. The van der Waals surface area contributed by atoms with Crippen LogP contribution in [0.1, 0.15) is 52.7 Å². The number of hydrogen-bond acceptors (Lipinski definition) is 0. The monoisotopic (exact) mass is 449 g/mol. The summed E-state index contributed by atoms with van der Waals surface area (Å²) in [6.45, 7) is 13.6. The summed E-state index contributed by atoms with van der Waals surface area (Å²) in [7, 11) is 0. The Morgan fingerprint density at radius 2 is 0.818 bits per heavy atom. The van der Waals surface area contributed by atoms with Gasteiger partial charge in [0.05, 0.1) is 0 Å². The van der Waals surface area contributed by atoms with Gasteiger partial charge in [0.15, 0.2) is 0 Å². The van der Waals surface area contributed by atoms with Crippen molar-refractivity contribution in [3.63, 3.8) is 0 Å². The predicted molar refractivity (Wildman–Crippen MR) is 87.7 cm³/mol. The van der Waals surface area contributed by atoms with Gasteiger partial charge in [-0.1, -0.05) is 0 Å². The average Bonchev–Trinajstić information content (AvgIpc) is 2.38. The van der Waals surface area contributed by atoms with E-state index in [1.807, 2.05) is 0 Å². The van der Waals surface area contributed by atoms with Crippen molar-refractivity contribution < 1.29 is 38.3 Å². The van der Waals surface area contributed by atoms with Crippen LogP contribution in [0.25, 0.3) is 0 Å². The fourth-order valence-electron chi connectivity index (χ4n) is 2.15. The molecule has 2 rings (SSSR count). The van der Waals surface area contributed by atoms with Crippen LogP contribution in [-0.2, 0) is 27.9 Å². The van der Waals surface area contributed by atoms with E-state index < -0.39 is 0 Å². The summed E-state index contributed by atoms with van der Waals surface area (Å²) < 4.78 is 2.98. The van der Waals surface area contributed by atoms with E-state index in [2.05, 4.69) is 90.1 Å². The Bertz CT molecular complexity index is 528. The van der Waals surface area contributed by atoms with Crippen LogP contribution in [0.3, 0.4) is 0 Å². The van der Waals surface area contributed by atoms with Gasteiger partial charge in [-0.2, -0.15) is 0 Å². The molecule has 2 aromatic carbocycles. The summed E-state index contributed by atoms with van der Waals surface area (Å²) in [6.07, 6.45) is 0. The number of rotatable bonds is 2. The molecule has 0 spiro atoms. The molecular weight excluding hydrogens is 423 g/mol. The molecule has 0 unspecified atom stereocenters. The van der Waals surface area contributed by atoms with E-state index in [1.165, 1.54) is 18.3 Å². The van der Waals surface area contributed by atoms with Crippen LogP contribution in [0.5, 0.6) is 0 Å². The molecule has 0 aliphatic carbocycles. The van der Waals surface area contributed by atoms with E-state index in [9.17, 15) is 0 Å². The zero-order valence-corrected chi connectivity index (χ0v) is 17.6. The van der Waals surface area contributed by atoms with E-state index in [-0.39, 0.29) is 49.1 Å². The third kappa shape index (κ3) is 5.40. The smallest absolute Gasteiger partial charge is 0 e. The second kappa shape index (κ2) is 7.51. The molecule has 0 atom stereocenters. The molecular formula is C20H26FeI-. The first-order chi connectivity index (χ1) is 9.66. The fourth-order valence-corrected chi connectivity index (χ4v) is 4.31. The summed E-state index contributed by atoms with van der Waals surface area (Å²) >= 11 is -0.0703. The molecule has 0 aliphatic heterocycles. The van der Waals surface area contributed by atoms with Crippen molar-refractivity contribution in [2.75, 3.05) is 0 Å². The Hall–Kier alpha value is -0.311. The summed E-state index contributed by atoms with van der Waals surface area (Å²) in [5, 5.41) is 0. The Morgan fingerprint density at radius 1 is 0.545 bits per heavy atom. The van der Waals surface area contributed by atoms with Gasteiger partial charge in [0.2, 0.25) is 0 Å². The maximum Gasteiger partial charge on any atom is 0 e. The summed E-state index contributed by atoms with van der Waals surface area (Å²) in [4.78, 5) is 0. The normalized spacial score (nSPS) is 12.1. The number of halogens is 1. The van der Waals surface area contributed by atoms with Gasteiger partial charge in [-0.15, -0.1) is 0 Å². The summed E-state index contributed by atoms with van der Waals surface area (Å²) in [5.41, 5.74) is 3.31. The molecule has 122 valence electrons. The topological polar surface area (TPSA) is 0 Å². The minimum Gasteiger partial charge on any atom is 0 e. The van der Waals surface area contributed by atoms with Gasteiger partial charge in [0, 0.05) is 17.1 Å². The van der Waals surface area contributed by atoms with Gasteiger partial charge in [0.25, 0.3) is 0 Å². The van der Waals surface area contributed by atoms with E-state index in [4.69, 9.17) is 0 Å². The average molecular weight is 449 g/mol. The van der Waals surface area contributed by atoms with Crippen LogP contribution >= 0.6 is 0 Å². The Morgan fingerprint density at radius 3 is 1.05 bits per heavy atom. The third-order valence-corrected chi connectivity index (χ3v) is 6.32. The molecule has 0 fully saturated rings. The standard InChI is InChI=1S/C20H26I.Fe/c1-19(2,3)15-7-11-17(12-8-15)21-18-13-9-16(10-14-18)20(4,5)6;/h7-14H,1-6H3;/q-1;. The molecule has 0 aliphatic rings. The summed E-state index contributed by atoms with van der Waals surface area (Å²) in [5.74, 6) is 0. The van der Waals surface area contributed by atoms with Crippen LogP contribution in [0.4, 0.5) is 0 Å². The molecule has 0 heterocycles. The molecule has 2 heteroatoms. The van der Waals surface area contributed by atoms with E-state index in [0.29, 0.717) is 0 Å². The molecule has 22 heavy (non-hydrogen) atoms. The minimum atomic E-state index is -0.0703. The first-order valence-electron chi connectivity index (χ1n) is 7.52. The largest absolute Gasteiger partial charge is 0 e. The van der Waals surface area contributed by atoms with Gasteiger partial charge in [0.1, 0.15) is 0 Å². The molecule has 0 radical (unpaired) electrons. The molecule has 0 amide bonds. The van der Waals surface area contributed by atoms with Crippen LogP contribution in [0, 0.1) is 7.14 Å². The van der Waals surface area contributed by atoms with E-state index in [1.54, 1.807) is 0 Å².